The molecule has 1 aromatic heterocycles. The maximum Gasteiger partial charge on any atom is 0.377 e. The number of sulfonamides is 1. The van der Waals surface area contributed by atoms with Gasteiger partial charge in [0.05, 0.1) is 28.4 Å². The zero-order chi connectivity index (χ0) is 26.5. The van der Waals surface area contributed by atoms with E-state index >= 15 is 0 Å². The predicted molar refractivity (Wildman–Crippen MR) is 144 cm³/mol. The van der Waals surface area contributed by atoms with Crippen LogP contribution in [-0.2, 0) is 30.8 Å². The number of anilines is 1. The molecule has 0 bridgehead atoms. The Bertz CT molecular complexity index is 1830. The molecule has 0 fully saturated rings. The molecule has 0 atom stereocenters. The number of fused-ring (bicyclic) bond motifs is 4. The number of benzene rings is 3. The Morgan fingerprint density at radius 3 is 2.65 bits per heavy atom. The summed E-state index contributed by atoms with van der Waals surface area (Å²) in [6.45, 7) is -0.323. The molecule has 192 valence electrons. The monoisotopic (exact) mass is 624 g/mol. The predicted octanol–water partition coefficient (Wildman–Crippen LogP) is 3.47. The molecule has 37 heavy (non-hydrogen) atoms. The van der Waals surface area contributed by atoms with Crippen LogP contribution < -0.4 is 14.2 Å². The van der Waals surface area contributed by atoms with E-state index in [0.29, 0.717) is 21.8 Å². The van der Waals surface area contributed by atoms with Gasteiger partial charge in [0.25, 0.3) is 17.3 Å². The van der Waals surface area contributed by atoms with Crippen LogP contribution in [0, 0.1) is 0 Å². The van der Waals surface area contributed by atoms with E-state index in [2.05, 4.69) is 15.9 Å². The van der Waals surface area contributed by atoms with E-state index in [1.807, 2.05) is 47.2 Å². The van der Waals surface area contributed by atoms with E-state index in [9.17, 15) is 26.2 Å². The number of amides is 1. The van der Waals surface area contributed by atoms with Crippen molar-refractivity contribution in [1.82, 2.24) is 4.72 Å². The number of carbonyl (C=O) groups excluding carboxylic acids is 1. The van der Waals surface area contributed by atoms with Gasteiger partial charge >= 0.3 is 16.0 Å². The second-order valence-corrected chi connectivity index (χ2v) is 13.4. The maximum atomic E-state index is 12.5. The normalized spacial score (nSPS) is 15.0. The summed E-state index contributed by atoms with van der Waals surface area (Å²) in [4.78, 5) is 14.9. The van der Waals surface area contributed by atoms with Crippen LogP contribution in [0.25, 0.3) is 27.9 Å². The van der Waals surface area contributed by atoms with Crippen LogP contribution in [0.15, 0.2) is 73.4 Å². The molecule has 2 N–H and O–H groups in total. The van der Waals surface area contributed by atoms with Gasteiger partial charge in [-0.25, -0.2) is 8.42 Å². The summed E-state index contributed by atoms with van der Waals surface area (Å²) in [5.74, 6) is -1.39. The SMILES string of the molecule is CS(=O)(=O)NC(=O)CN1C(=Cc2oc3ccc4ccccc4c3[n+]2CS(=O)(=O)O)Sc2ccc(Br)cc21. The summed E-state index contributed by atoms with van der Waals surface area (Å²) in [7, 11) is -8.23. The highest BCUT2D eigenvalue weighted by atomic mass is 79.9. The highest BCUT2D eigenvalue weighted by Crippen LogP contribution is 2.47. The number of oxazole rings is 1. The molecule has 4 aromatic rings. The molecule has 0 aliphatic carbocycles. The first kappa shape index (κ1) is 25.7. The summed E-state index contributed by atoms with van der Waals surface area (Å²) in [6, 6.07) is 16.4. The Labute approximate surface area is 224 Å². The van der Waals surface area contributed by atoms with Gasteiger partial charge in [-0.3, -0.25) is 14.1 Å². The highest BCUT2D eigenvalue weighted by Gasteiger charge is 2.33. The minimum atomic E-state index is -4.46. The lowest BCUT2D eigenvalue weighted by atomic mass is 10.1. The second kappa shape index (κ2) is 9.44. The van der Waals surface area contributed by atoms with Crippen LogP contribution in [0.1, 0.15) is 5.89 Å². The Kier molecular flexibility index (Phi) is 6.56. The number of carbonyl (C=O) groups is 1. The summed E-state index contributed by atoms with van der Waals surface area (Å²) in [5, 5.41) is 2.07. The molecule has 0 radical (unpaired) electrons. The summed E-state index contributed by atoms with van der Waals surface area (Å²) < 4.78 is 66.9. The van der Waals surface area contributed by atoms with Crippen LogP contribution in [0.2, 0.25) is 0 Å². The fourth-order valence-corrected chi connectivity index (χ4v) is 6.58. The van der Waals surface area contributed by atoms with Crippen LogP contribution in [0.5, 0.6) is 0 Å². The maximum absolute atomic E-state index is 12.5. The van der Waals surface area contributed by atoms with Crippen LogP contribution in [0.4, 0.5) is 5.69 Å². The fraction of sp³-hybridized carbons (Fsp3) is 0.130. The van der Waals surface area contributed by atoms with E-state index in [1.54, 1.807) is 23.1 Å². The first-order valence-corrected chi connectivity index (χ1v) is 15.8. The first-order chi connectivity index (χ1) is 17.4. The average Bonchev–Trinajstić information content (AvgIpc) is 3.29. The molecule has 1 amide bonds. The fourth-order valence-electron chi connectivity index (χ4n) is 4.11. The van der Waals surface area contributed by atoms with Crippen molar-refractivity contribution in [3.05, 3.63) is 70.0 Å². The van der Waals surface area contributed by atoms with Crippen LogP contribution >= 0.6 is 27.7 Å². The smallest absolute Gasteiger partial charge is 0.377 e. The van der Waals surface area contributed by atoms with Crippen molar-refractivity contribution < 1.29 is 35.2 Å². The topological polar surface area (TPSA) is 138 Å². The molecule has 0 saturated carbocycles. The van der Waals surface area contributed by atoms with Crippen molar-refractivity contribution >= 4 is 87.4 Å². The molecule has 0 unspecified atom stereocenters. The van der Waals surface area contributed by atoms with Gasteiger partial charge in [-0.15, -0.1) is 4.57 Å². The van der Waals surface area contributed by atoms with E-state index in [-0.39, 0.29) is 12.4 Å². The van der Waals surface area contributed by atoms with Crippen molar-refractivity contribution in [3.8, 4) is 0 Å². The van der Waals surface area contributed by atoms with Gasteiger partial charge in [-0.1, -0.05) is 52.0 Å². The minimum absolute atomic E-state index is 0.117. The molecule has 1 aliphatic heterocycles. The molecule has 0 spiro atoms. The molecular formula is C23H19BrN3O7S3+. The van der Waals surface area contributed by atoms with Crippen molar-refractivity contribution in [2.45, 2.75) is 10.8 Å². The number of thioether (sulfide) groups is 1. The lowest BCUT2D eigenvalue weighted by Crippen LogP contribution is -2.40. The van der Waals surface area contributed by atoms with Crippen molar-refractivity contribution in [2.24, 2.45) is 0 Å². The third-order valence-electron chi connectivity index (χ3n) is 5.45. The molecule has 2 heterocycles. The number of halogens is 1. The van der Waals surface area contributed by atoms with E-state index in [0.717, 1.165) is 26.4 Å². The number of hydrogen-bond donors (Lipinski definition) is 2. The third kappa shape index (κ3) is 5.52. The van der Waals surface area contributed by atoms with Gasteiger partial charge in [0.1, 0.15) is 6.54 Å². The highest BCUT2D eigenvalue weighted by molar-refractivity contribution is 9.10. The van der Waals surface area contributed by atoms with E-state index in [1.165, 1.54) is 16.3 Å². The quantitative estimate of drug-likeness (QED) is 0.244. The zero-order valence-electron chi connectivity index (χ0n) is 19.1. The number of nitrogens with zero attached hydrogens (tertiary/aromatic N) is 2. The van der Waals surface area contributed by atoms with E-state index < -0.39 is 31.9 Å². The Hall–Kier alpha value is -2.91. The molecule has 10 nitrogen and oxygen atoms in total. The zero-order valence-corrected chi connectivity index (χ0v) is 23.1. The van der Waals surface area contributed by atoms with Gasteiger partial charge in [0.2, 0.25) is 15.6 Å². The van der Waals surface area contributed by atoms with Gasteiger partial charge in [-0.2, -0.15) is 8.42 Å². The van der Waals surface area contributed by atoms with Gasteiger partial charge in [0, 0.05) is 9.37 Å². The molecule has 1 aliphatic rings. The van der Waals surface area contributed by atoms with Crippen LogP contribution in [-0.4, -0.2) is 40.1 Å². The third-order valence-corrected chi connectivity index (χ3v) is 8.24. The average molecular weight is 626 g/mol. The molecular weight excluding hydrogens is 606 g/mol. The minimum Gasteiger partial charge on any atom is -0.398 e. The number of hydrogen-bond acceptors (Lipinski definition) is 8. The van der Waals surface area contributed by atoms with Gasteiger partial charge in [-0.05, 0) is 35.7 Å². The van der Waals surface area contributed by atoms with E-state index in [4.69, 9.17) is 4.42 Å². The number of rotatable bonds is 6. The largest absolute Gasteiger partial charge is 0.398 e. The first-order valence-electron chi connectivity index (χ1n) is 10.6. The molecule has 0 saturated heterocycles. The van der Waals surface area contributed by atoms with Crippen molar-refractivity contribution in [3.63, 3.8) is 0 Å². The lowest BCUT2D eigenvalue weighted by molar-refractivity contribution is -0.657. The molecule has 5 rings (SSSR count). The standard InChI is InChI=1S/C23H18BrN3O7S3/c1-36(29,30)25-20(28)12-26-17-10-15(24)7-9-19(17)35-22(26)11-21-27(13-37(31,32)33)23-16-5-3-2-4-14(16)6-8-18(23)34-21/h2-11H,12-13H2,1H3,(H-,25,28,31,32,33)/p+1. The van der Waals surface area contributed by atoms with Crippen molar-refractivity contribution in [2.75, 3.05) is 17.7 Å². The summed E-state index contributed by atoms with van der Waals surface area (Å²) in [6.07, 6.45) is 2.45. The second-order valence-electron chi connectivity index (χ2n) is 8.29. The lowest BCUT2D eigenvalue weighted by Gasteiger charge is -2.19. The summed E-state index contributed by atoms with van der Waals surface area (Å²) >= 11 is 4.72. The van der Waals surface area contributed by atoms with Crippen LogP contribution in [0.3, 0.4) is 0 Å². The Morgan fingerprint density at radius 2 is 1.92 bits per heavy atom. The Balaban J connectivity index is 1.68. The summed E-state index contributed by atoms with van der Waals surface area (Å²) in [5.41, 5.74) is 1.53. The van der Waals surface area contributed by atoms with Crippen molar-refractivity contribution in [1.29, 1.82) is 0 Å². The van der Waals surface area contributed by atoms with Gasteiger partial charge < -0.3 is 9.32 Å². The number of nitrogens with one attached hydrogen (secondary N) is 1. The Morgan fingerprint density at radius 1 is 1.16 bits per heavy atom. The number of aromatic nitrogens is 1. The molecule has 14 heteroatoms. The molecule has 3 aromatic carbocycles. The van der Waals surface area contributed by atoms with Gasteiger partial charge in [0.15, 0.2) is 0 Å².